The third-order valence-electron chi connectivity index (χ3n) is 1.96. The van der Waals surface area contributed by atoms with Crippen molar-refractivity contribution in [2.75, 3.05) is 5.32 Å². The van der Waals surface area contributed by atoms with Gasteiger partial charge in [-0.25, -0.2) is 9.97 Å². The predicted molar refractivity (Wildman–Crippen MR) is 55.3 cm³/mol. The molecule has 2 aromatic rings. The Labute approximate surface area is 87.6 Å². The van der Waals surface area contributed by atoms with Gasteiger partial charge < -0.3 is 9.73 Å². The summed E-state index contributed by atoms with van der Waals surface area (Å²) in [6.45, 7) is 4.29. The van der Waals surface area contributed by atoms with Gasteiger partial charge >= 0.3 is 0 Å². The third-order valence-corrected chi connectivity index (χ3v) is 1.96. The van der Waals surface area contributed by atoms with E-state index < -0.39 is 0 Å². The maximum atomic E-state index is 5.32. The second kappa shape index (κ2) is 4.08. The van der Waals surface area contributed by atoms with Crippen molar-refractivity contribution in [2.24, 2.45) is 0 Å². The number of aromatic nitrogens is 3. The number of aryl methyl sites for hydroxylation is 2. The van der Waals surface area contributed by atoms with Gasteiger partial charge in [-0.1, -0.05) is 0 Å². The zero-order valence-electron chi connectivity index (χ0n) is 8.69. The molecule has 0 bridgehead atoms. The summed E-state index contributed by atoms with van der Waals surface area (Å²) >= 11 is 0. The molecule has 2 aromatic heterocycles. The summed E-state index contributed by atoms with van der Waals surface area (Å²) in [6, 6.07) is 0. The number of anilines is 1. The Bertz CT molecular complexity index is 452. The molecule has 0 aliphatic heterocycles. The first-order valence-corrected chi connectivity index (χ1v) is 4.68. The van der Waals surface area contributed by atoms with Crippen LogP contribution in [0.3, 0.4) is 0 Å². The van der Waals surface area contributed by atoms with Gasteiger partial charge in [-0.3, -0.25) is 4.98 Å². The lowest BCUT2D eigenvalue weighted by Crippen LogP contribution is -2.03. The average molecular weight is 204 g/mol. The van der Waals surface area contributed by atoms with Crippen LogP contribution in [0.25, 0.3) is 0 Å². The number of oxazole rings is 1. The zero-order valence-corrected chi connectivity index (χ0v) is 8.69. The molecule has 2 heterocycles. The topological polar surface area (TPSA) is 63.8 Å². The van der Waals surface area contributed by atoms with E-state index in [4.69, 9.17) is 4.42 Å². The fourth-order valence-corrected chi connectivity index (χ4v) is 1.22. The molecule has 0 aromatic carbocycles. The van der Waals surface area contributed by atoms with E-state index in [9.17, 15) is 0 Å². The van der Waals surface area contributed by atoms with Crippen LogP contribution in [0.5, 0.6) is 0 Å². The lowest BCUT2D eigenvalue weighted by Gasteiger charge is -2.04. The minimum absolute atomic E-state index is 0.521. The highest BCUT2D eigenvalue weighted by atomic mass is 16.4. The van der Waals surface area contributed by atoms with Gasteiger partial charge in [0.25, 0.3) is 0 Å². The van der Waals surface area contributed by atoms with E-state index in [2.05, 4.69) is 20.3 Å². The van der Waals surface area contributed by atoms with E-state index in [1.54, 1.807) is 18.6 Å². The van der Waals surface area contributed by atoms with Crippen molar-refractivity contribution >= 4 is 5.82 Å². The molecule has 5 heteroatoms. The predicted octanol–water partition coefficient (Wildman–Crippen LogP) is 1.69. The number of hydrogen-bond donors (Lipinski definition) is 1. The quantitative estimate of drug-likeness (QED) is 0.824. The Balaban J connectivity index is 2.02. The van der Waals surface area contributed by atoms with Gasteiger partial charge in [0.15, 0.2) is 0 Å². The summed E-state index contributed by atoms with van der Waals surface area (Å²) in [5, 5.41) is 3.11. The van der Waals surface area contributed by atoms with Crippen molar-refractivity contribution in [1.29, 1.82) is 0 Å². The third kappa shape index (κ3) is 2.31. The second-order valence-corrected chi connectivity index (χ2v) is 3.21. The Hall–Kier alpha value is -1.91. The Morgan fingerprint density at radius 2 is 2.00 bits per heavy atom. The van der Waals surface area contributed by atoms with E-state index in [-0.39, 0.29) is 0 Å². The van der Waals surface area contributed by atoms with Crippen LogP contribution in [0, 0.1) is 13.8 Å². The molecule has 0 aliphatic carbocycles. The lowest BCUT2D eigenvalue weighted by molar-refractivity contribution is 0.478. The fraction of sp³-hybridized carbons (Fsp3) is 0.300. The first kappa shape index (κ1) is 9.64. The van der Waals surface area contributed by atoms with Crippen molar-refractivity contribution < 1.29 is 4.42 Å². The van der Waals surface area contributed by atoms with Crippen molar-refractivity contribution in [3.63, 3.8) is 0 Å². The smallest absolute Gasteiger partial charge is 0.213 e. The minimum Gasteiger partial charge on any atom is -0.444 e. The average Bonchev–Trinajstić information content (AvgIpc) is 2.63. The Kier molecular flexibility index (Phi) is 2.62. The van der Waals surface area contributed by atoms with Crippen molar-refractivity contribution in [2.45, 2.75) is 20.4 Å². The van der Waals surface area contributed by atoms with Crippen molar-refractivity contribution in [3.8, 4) is 0 Å². The van der Waals surface area contributed by atoms with E-state index >= 15 is 0 Å². The number of nitrogens with zero attached hydrogens (tertiary/aromatic N) is 3. The number of hydrogen-bond acceptors (Lipinski definition) is 5. The molecule has 0 aliphatic rings. The maximum absolute atomic E-state index is 5.32. The summed E-state index contributed by atoms with van der Waals surface area (Å²) < 4.78 is 5.32. The van der Waals surface area contributed by atoms with Crippen LogP contribution < -0.4 is 5.32 Å². The fourth-order valence-electron chi connectivity index (χ4n) is 1.22. The van der Waals surface area contributed by atoms with Gasteiger partial charge in [0.05, 0.1) is 18.4 Å². The summed E-state index contributed by atoms with van der Waals surface area (Å²) in [5.41, 5.74) is 0.862. The van der Waals surface area contributed by atoms with Crippen LogP contribution in [-0.4, -0.2) is 15.0 Å². The molecular formula is C10H12N4O. The van der Waals surface area contributed by atoms with E-state index in [0.29, 0.717) is 12.4 Å². The molecule has 0 amide bonds. The summed E-state index contributed by atoms with van der Waals surface area (Å²) in [6.07, 6.45) is 5.01. The minimum atomic E-state index is 0.521. The van der Waals surface area contributed by atoms with E-state index in [1.165, 1.54) is 0 Å². The van der Waals surface area contributed by atoms with Crippen molar-refractivity contribution in [1.82, 2.24) is 15.0 Å². The number of nitrogens with one attached hydrogen (secondary N) is 1. The van der Waals surface area contributed by atoms with Crippen LogP contribution in [0.15, 0.2) is 23.0 Å². The summed E-state index contributed by atoms with van der Waals surface area (Å²) in [7, 11) is 0. The van der Waals surface area contributed by atoms with Gasteiger partial charge in [-0.05, 0) is 13.8 Å². The van der Waals surface area contributed by atoms with Gasteiger partial charge in [0.1, 0.15) is 11.6 Å². The Morgan fingerprint density at radius 1 is 1.20 bits per heavy atom. The van der Waals surface area contributed by atoms with E-state index in [1.807, 2.05) is 13.8 Å². The lowest BCUT2D eigenvalue weighted by atomic mass is 10.4. The molecule has 0 atom stereocenters. The summed E-state index contributed by atoms with van der Waals surface area (Å²) in [4.78, 5) is 12.4. The normalized spacial score (nSPS) is 10.3. The molecule has 0 fully saturated rings. The van der Waals surface area contributed by atoms with Gasteiger partial charge in [0.2, 0.25) is 5.89 Å². The molecule has 0 spiro atoms. The molecule has 78 valence electrons. The molecule has 15 heavy (non-hydrogen) atoms. The molecule has 1 N–H and O–H groups in total. The van der Waals surface area contributed by atoms with Crippen LogP contribution in [-0.2, 0) is 6.54 Å². The molecule has 2 rings (SSSR count). The molecule has 5 nitrogen and oxygen atoms in total. The summed E-state index contributed by atoms with van der Waals surface area (Å²) in [5.74, 6) is 2.22. The van der Waals surface area contributed by atoms with Crippen LogP contribution in [0.2, 0.25) is 0 Å². The molecule has 0 unspecified atom stereocenters. The molecule has 0 saturated heterocycles. The number of rotatable bonds is 3. The van der Waals surface area contributed by atoms with Gasteiger partial charge in [-0.15, -0.1) is 0 Å². The molecule has 0 saturated carbocycles. The first-order chi connectivity index (χ1) is 7.25. The first-order valence-electron chi connectivity index (χ1n) is 4.68. The van der Waals surface area contributed by atoms with Crippen LogP contribution in [0.1, 0.15) is 17.3 Å². The monoisotopic (exact) mass is 204 g/mol. The van der Waals surface area contributed by atoms with Crippen LogP contribution in [0.4, 0.5) is 5.82 Å². The highest BCUT2D eigenvalue weighted by Gasteiger charge is 2.02. The van der Waals surface area contributed by atoms with Gasteiger partial charge in [-0.2, -0.15) is 0 Å². The van der Waals surface area contributed by atoms with Gasteiger partial charge in [0, 0.05) is 12.4 Å². The largest absolute Gasteiger partial charge is 0.444 e. The maximum Gasteiger partial charge on any atom is 0.213 e. The molecule has 0 radical (unpaired) electrons. The second-order valence-electron chi connectivity index (χ2n) is 3.21. The highest BCUT2D eigenvalue weighted by Crippen LogP contribution is 2.08. The zero-order chi connectivity index (χ0) is 10.7. The SMILES string of the molecule is Cc1cnc(CNc2nccnc2C)o1. The Morgan fingerprint density at radius 3 is 2.67 bits per heavy atom. The molecular weight excluding hydrogens is 192 g/mol. The van der Waals surface area contributed by atoms with Crippen LogP contribution >= 0.6 is 0 Å². The van der Waals surface area contributed by atoms with E-state index in [0.717, 1.165) is 17.3 Å². The highest BCUT2D eigenvalue weighted by molar-refractivity contribution is 5.38. The van der Waals surface area contributed by atoms with Crippen molar-refractivity contribution in [3.05, 3.63) is 35.9 Å². The standard InChI is InChI=1S/C10H12N4O/c1-7-5-13-9(15-7)6-14-10-8(2)11-3-4-12-10/h3-5H,6H2,1-2H3,(H,12,14).